The number of allylic oxidation sites excluding steroid dienone is 4. The summed E-state index contributed by atoms with van der Waals surface area (Å²) in [4.78, 5) is 0. The van der Waals surface area contributed by atoms with Crippen LogP contribution in [0.4, 0.5) is 0 Å². The average Bonchev–Trinajstić information content (AvgIpc) is 2.96. The van der Waals surface area contributed by atoms with Crippen molar-refractivity contribution in [3.05, 3.63) is 95.3 Å². The van der Waals surface area contributed by atoms with Gasteiger partial charge in [0.25, 0.3) is 0 Å². The molecule has 0 N–H and O–H groups in total. The molecule has 2 heterocycles. The molecule has 0 fully saturated rings. The molecule has 0 saturated carbocycles. The molecule has 0 amide bonds. The molecule has 2 bridgehead atoms. The fourth-order valence-corrected chi connectivity index (χ4v) is 8.69. The monoisotopic (exact) mass is 332 g/mol. The van der Waals surface area contributed by atoms with Crippen LogP contribution in [-0.2, 0) is 4.57 Å². The third-order valence-corrected chi connectivity index (χ3v) is 9.16. The van der Waals surface area contributed by atoms with Gasteiger partial charge in [-0.15, -0.1) is 0 Å². The first kappa shape index (κ1) is 15.4. The van der Waals surface area contributed by atoms with Crippen molar-refractivity contribution in [2.24, 2.45) is 5.41 Å². The quantitative estimate of drug-likeness (QED) is 0.593. The predicted octanol–water partition coefficient (Wildman–Crippen LogP) is 6.41. The largest absolute Gasteiger partial charge is 0.314 e. The first-order valence-corrected chi connectivity index (χ1v) is 10.2. The summed E-state index contributed by atoms with van der Waals surface area (Å²) < 4.78 is 14.1. The van der Waals surface area contributed by atoms with E-state index in [1.165, 1.54) is 16.7 Å². The second-order valence-electron chi connectivity index (χ2n) is 6.90. The van der Waals surface area contributed by atoms with Crippen molar-refractivity contribution in [2.45, 2.75) is 13.8 Å². The number of benzene rings is 2. The number of rotatable bonds is 3. The first-order valence-electron chi connectivity index (χ1n) is 8.32. The minimum absolute atomic E-state index is 0.175. The topological polar surface area (TPSA) is 17.1 Å². The second kappa shape index (κ2) is 5.19. The van der Waals surface area contributed by atoms with Crippen LogP contribution in [0.1, 0.15) is 25.0 Å². The predicted molar refractivity (Wildman–Crippen MR) is 103 cm³/mol. The smallest absolute Gasteiger partial charge is 0.145 e. The van der Waals surface area contributed by atoms with E-state index in [2.05, 4.69) is 44.7 Å². The van der Waals surface area contributed by atoms with Crippen LogP contribution in [-0.4, -0.2) is 6.16 Å². The van der Waals surface area contributed by atoms with Gasteiger partial charge >= 0.3 is 0 Å². The summed E-state index contributed by atoms with van der Waals surface area (Å²) in [6, 6.07) is 20.5. The number of hydrogen-bond acceptors (Lipinski definition) is 1. The summed E-state index contributed by atoms with van der Waals surface area (Å²) in [5, 5.41) is 2.01. The summed E-state index contributed by atoms with van der Waals surface area (Å²) in [5.74, 6) is 0. The Kier molecular flexibility index (Phi) is 3.34. The maximum atomic E-state index is 14.1. The molecule has 0 spiro atoms. The SMILES string of the molecule is C=CC1=C(c2ccccc2)C2(C)CP1(=O)C(c1ccccc1)=C2C. The van der Waals surface area contributed by atoms with E-state index in [4.69, 9.17) is 0 Å². The van der Waals surface area contributed by atoms with Crippen LogP contribution in [0.2, 0.25) is 0 Å². The molecular formula is C22H21OP. The van der Waals surface area contributed by atoms with Crippen LogP contribution in [0.5, 0.6) is 0 Å². The van der Waals surface area contributed by atoms with Gasteiger partial charge in [-0.2, -0.15) is 0 Å². The third-order valence-electron chi connectivity index (χ3n) is 5.58. The molecule has 0 aliphatic carbocycles. The van der Waals surface area contributed by atoms with Crippen LogP contribution >= 0.6 is 7.14 Å². The lowest BCUT2D eigenvalue weighted by molar-refractivity contribution is 0.576. The van der Waals surface area contributed by atoms with Crippen LogP contribution in [0, 0.1) is 5.41 Å². The molecule has 120 valence electrons. The van der Waals surface area contributed by atoms with Crippen molar-refractivity contribution in [1.82, 2.24) is 0 Å². The Morgan fingerprint density at radius 2 is 1.54 bits per heavy atom. The van der Waals surface area contributed by atoms with Crippen molar-refractivity contribution in [3.63, 3.8) is 0 Å². The van der Waals surface area contributed by atoms with Gasteiger partial charge in [0, 0.05) is 22.2 Å². The highest BCUT2D eigenvalue weighted by Crippen LogP contribution is 2.82. The van der Waals surface area contributed by atoms with Crippen LogP contribution in [0.3, 0.4) is 0 Å². The molecule has 1 nitrogen and oxygen atoms in total. The van der Waals surface area contributed by atoms with Crippen LogP contribution in [0.25, 0.3) is 10.9 Å². The molecule has 2 aliphatic heterocycles. The molecule has 2 heteroatoms. The Labute approximate surface area is 143 Å². The van der Waals surface area contributed by atoms with Gasteiger partial charge in [-0.05, 0) is 23.6 Å². The lowest BCUT2D eigenvalue weighted by atomic mass is 9.74. The van der Waals surface area contributed by atoms with Gasteiger partial charge in [-0.1, -0.05) is 85.8 Å². The molecule has 0 aromatic heterocycles. The van der Waals surface area contributed by atoms with E-state index >= 15 is 0 Å². The van der Waals surface area contributed by atoms with Gasteiger partial charge in [0.15, 0.2) is 0 Å². The Bertz CT molecular complexity index is 934. The van der Waals surface area contributed by atoms with Crippen molar-refractivity contribution < 1.29 is 4.57 Å². The highest BCUT2D eigenvalue weighted by atomic mass is 31.2. The van der Waals surface area contributed by atoms with E-state index in [1.54, 1.807) is 0 Å². The minimum atomic E-state index is -2.62. The van der Waals surface area contributed by atoms with E-state index in [0.717, 1.165) is 16.2 Å². The molecule has 4 rings (SSSR count). The van der Waals surface area contributed by atoms with Gasteiger partial charge in [-0.3, -0.25) is 0 Å². The molecule has 0 radical (unpaired) electrons. The van der Waals surface area contributed by atoms with Gasteiger partial charge in [0.2, 0.25) is 0 Å². The van der Waals surface area contributed by atoms with Crippen molar-refractivity contribution in [2.75, 3.05) is 6.16 Å². The normalized spacial score (nSPS) is 28.6. The fourth-order valence-electron chi connectivity index (χ4n) is 4.45. The summed E-state index contributed by atoms with van der Waals surface area (Å²) in [7, 11) is -2.62. The average molecular weight is 332 g/mol. The van der Waals surface area contributed by atoms with E-state index < -0.39 is 7.14 Å². The van der Waals surface area contributed by atoms with E-state index in [1.807, 2.05) is 42.5 Å². The zero-order valence-electron chi connectivity index (χ0n) is 14.1. The minimum Gasteiger partial charge on any atom is -0.314 e. The highest BCUT2D eigenvalue weighted by Gasteiger charge is 2.57. The van der Waals surface area contributed by atoms with Gasteiger partial charge in [0.1, 0.15) is 7.14 Å². The molecule has 2 atom stereocenters. The lowest BCUT2D eigenvalue weighted by Gasteiger charge is -2.30. The summed E-state index contributed by atoms with van der Waals surface area (Å²) in [5.41, 5.74) is 4.54. The Balaban J connectivity index is 2.00. The highest BCUT2D eigenvalue weighted by molar-refractivity contribution is 7.79. The van der Waals surface area contributed by atoms with E-state index in [9.17, 15) is 4.57 Å². The molecular weight excluding hydrogens is 311 g/mol. The number of hydrogen-bond donors (Lipinski definition) is 0. The summed E-state index contributed by atoms with van der Waals surface area (Å²) in [6.45, 7) is 8.41. The van der Waals surface area contributed by atoms with Crippen LogP contribution in [0.15, 0.2) is 84.2 Å². The zero-order chi connectivity index (χ0) is 16.9. The first-order chi connectivity index (χ1) is 11.5. The van der Waals surface area contributed by atoms with E-state index in [0.29, 0.717) is 6.16 Å². The molecule has 2 aliphatic rings. The van der Waals surface area contributed by atoms with Gasteiger partial charge in [0.05, 0.1) is 0 Å². The Hall–Kier alpha value is -2.11. The molecule has 24 heavy (non-hydrogen) atoms. The van der Waals surface area contributed by atoms with Crippen LogP contribution < -0.4 is 0 Å². The number of fused-ring (bicyclic) bond motifs is 2. The Morgan fingerprint density at radius 3 is 2.08 bits per heavy atom. The maximum Gasteiger partial charge on any atom is 0.145 e. The Morgan fingerprint density at radius 1 is 1.00 bits per heavy atom. The molecule has 2 aromatic carbocycles. The third kappa shape index (κ3) is 1.85. The van der Waals surface area contributed by atoms with Crippen molar-refractivity contribution >= 4 is 18.0 Å². The zero-order valence-corrected chi connectivity index (χ0v) is 15.0. The summed E-state index contributed by atoms with van der Waals surface area (Å²) in [6.07, 6.45) is 2.53. The standard InChI is InChI=1S/C22H21OP/c1-4-19-20(17-11-7-5-8-12-17)22(3)15-24(19,23)21(16(22)2)18-13-9-6-10-14-18/h4-14H,1,15H2,2-3H3. The summed E-state index contributed by atoms with van der Waals surface area (Å²) >= 11 is 0. The van der Waals surface area contributed by atoms with Crippen molar-refractivity contribution in [1.29, 1.82) is 0 Å². The maximum absolute atomic E-state index is 14.1. The van der Waals surface area contributed by atoms with E-state index in [-0.39, 0.29) is 5.41 Å². The van der Waals surface area contributed by atoms with Crippen molar-refractivity contribution in [3.8, 4) is 0 Å². The molecule has 2 unspecified atom stereocenters. The fraction of sp³-hybridized carbons (Fsp3) is 0.182. The van der Waals surface area contributed by atoms with Gasteiger partial charge < -0.3 is 4.57 Å². The molecule has 0 saturated heterocycles. The van der Waals surface area contributed by atoms with Gasteiger partial charge in [-0.25, -0.2) is 0 Å². The molecule has 2 aromatic rings. The second-order valence-corrected chi connectivity index (χ2v) is 9.62. The lowest BCUT2D eigenvalue weighted by Crippen LogP contribution is -2.18.